The number of carbonyl (C=O) groups is 2. The molecule has 1 heterocycles. The SMILES string of the molecule is CC(=O)N1CCC[C@H](C(=O)Nc2ccc(F)c(Cl)c2)C1. The van der Waals surface area contributed by atoms with E-state index in [0.717, 1.165) is 12.8 Å². The Hall–Kier alpha value is -1.62. The van der Waals surface area contributed by atoms with Crippen LogP contribution >= 0.6 is 11.6 Å². The van der Waals surface area contributed by atoms with Gasteiger partial charge < -0.3 is 10.2 Å². The number of amides is 2. The second kappa shape index (κ2) is 6.22. The molecule has 6 heteroatoms. The summed E-state index contributed by atoms with van der Waals surface area (Å²) in [6.45, 7) is 2.62. The number of hydrogen-bond donors (Lipinski definition) is 1. The van der Waals surface area contributed by atoms with E-state index in [0.29, 0.717) is 18.8 Å². The largest absolute Gasteiger partial charge is 0.342 e. The van der Waals surface area contributed by atoms with E-state index in [2.05, 4.69) is 5.32 Å². The smallest absolute Gasteiger partial charge is 0.229 e. The average Bonchev–Trinajstić information content (AvgIpc) is 2.43. The van der Waals surface area contributed by atoms with Gasteiger partial charge in [0.05, 0.1) is 10.9 Å². The molecule has 1 N–H and O–H groups in total. The van der Waals surface area contributed by atoms with E-state index in [1.807, 2.05) is 0 Å². The van der Waals surface area contributed by atoms with Gasteiger partial charge in [-0.2, -0.15) is 0 Å². The van der Waals surface area contributed by atoms with E-state index in [-0.39, 0.29) is 22.8 Å². The average molecular weight is 299 g/mol. The van der Waals surface area contributed by atoms with Crippen LogP contribution in [0, 0.1) is 11.7 Å². The van der Waals surface area contributed by atoms with Crippen molar-refractivity contribution in [3.63, 3.8) is 0 Å². The molecular formula is C14H16ClFN2O2. The Labute approximate surface area is 121 Å². The Bertz CT molecular complexity index is 536. The summed E-state index contributed by atoms with van der Waals surface area (Å²) in [5.74, 6) is -0.951. The molecule has 1 aliphatic rings. The summed E-state index contributed by atoms with van der Waals surface area (Å²) in [5.41, 5.74) is 0.460. The summed E-state index contributed by atoms with van der Waals surface area (Å²) < 4.78 is 13.0. The van der Waals surface area contributed by atoms with Gasteiger partial charge in [-0.25, -0.2) is 4.39 Å². The van der Waals surface area contributed by atoms with Gasteiger partial charge in [0.1, 0.15) is 5.82 Å². The number of nitrogens with one attached hydrogen (secondary N) is 1. The first kappa shape index (κ1) is 14.8. The lowest BCUT2D eigenvalue weighted by molar-refractivity contribution is -0.132. The Balaban J connectivity index is 2.00. The minimum Gasteiger partial charge on any atom is -0.342 e. The lowest BCUT2D eigenvalue weighted by Crippen LogP contribution is -2.42. The number of hydrogen-bond acceptors (Lipinski definition) is 2. The minimum absolute atomic E-state index is 0.0210. The predicted octanol–water partition coefficient (Wildman–Crippen LogP) is 2.68. The van der Waals surface area contributed by atoms with Crippen LogP contribution in [0.2, 0.25) is 5.02 Å². The molecular weight excluding hydrogens is 283 g/mol. The Kier molecular flexibility index (Phi) is 4.60. The van der Waals surface area contributed by atoms with Gasteiger partial charge in [0, 0.05) is 25.7 Å². The zero-order valence-electron chi connectivity index (χ0n) is 11.2. The topological polar surface area (TPSA) is 49.4 Å². The fraction of sp³-hybridized carbons (Fsp3) is 0.429. The number of piperidine rings is 1. The fourth-order valence-corrected chi connectivity index (χ4v) is 2.48. The molecule has 0 unspecified atom stereocenters. The molecule has 1 atom stereocenters. The van der Waals surface area contributed by atoms with Crippen LogP contribution in [0.15, 0.2) is 18.2 Å². The summed E-state index contributed by atoms with van der Waals surface area (Å²) in [6.07, 6.45) is 1.55. The molecule has 0 aliphatic carbocycles. The molecule has 0 aromatic heterocycles. The molecule has 1 aromatic rings. The quantitative estimate of drug-likeness (QED) is 0.912. The van der Waals surface area contributed by atoms with Gasteiger partial charge in [-0.1, -0.05) is 11.6 Å². The predicted molar refractivity (Wildman–Crippen MR) is 75.0 cm³/mol. The maximum absolute atomic E-state index is 13.0. The van der Waals surface area contributed by atoms with Crippen LogP contribution in [0.3, 0.4) is 0 Å². The number of nitrogens with zero attached hydrogens (tertiary/aromatic N) is 1. The zero-order valence-corrected chi connectivity index (χ0v) is 11.9. The molecule has 1 aromatic carbocycles. The van der Waals surface area contributed by atoms with Crippen LogP contribution in [-0.4, -0.2) is 29.8 Å². The second-order valence-electron chi connectivity index (χ2n) is 4.92. The highest BCUT2D eigenvalue weighted by Crippen LogP contribution is 2.22. The molecule has 108 valence electrons. The third-order valence-electron chi connectivity index (χ3n) is 3.42. The molecule has 2 amide bonds. The van der Waals surface area contributed by atoms with Crippen molar-refractivity contribution in [2.24, 2.45) is 5.92 Å². The van der Waals surface area contributed by atoms with Gasteiger partial charge in [-0.3, -0.25) is 9.59 Å². The van der Waals surface area contributed by atoms with Gasteiger partial charge in [-0.15, -0.1) is 0 Å². The molecule has 20 heavy (non-hydrogen) atoms. The molecule has 2 rings (SSSR count). The Morgan fingerprint density at radius 2 is 2.20 bits per heavy atom. The first-order valence-corrected chi connectivity index (χ1v) is 6.86. The molecule has 0 radical (unpaired) electrons. The highest BCUT2D eigenvalue weighted by Gasteiger charge is 2.27. The summed E-state index contributed by atoms with van der Waals surface area (Å²) in [4.78, 5) is 25.2. The van der Waals surface area contributed by atoms with Gasteiger partial charge in [0.2, 0.25) is 11.8 Å². The van der Waals surface area contributed by atoms with Crippen LogP contribution < -0.4 is 5.32 Å². The third-order valence-corrected chi connectivity index (χ3v) is 3.71. The number of anilines is 1. The van der Waals surface area contributed by atoms with E-state index in [4.69, 9.17) is 11.6 Å². The van der Waals surface area contributed by atoms with Crippen LogP contribution in [0.4, 0.5) is 10.1 Å². The van der Waals surface area contributed by atoms with Crippen molar-refractivity contribution in [2.75, 3.05) is 18.4 Å². The first-order chi connectivity index (χ1) is 9.47. The van der Waals surface area contributed by atoms with Crippen LogP contribution in [0.1, 0.15) is 19.8 Å². The highest BCUT2D eigenvalue weighted by molar-refractivity contribution is 6.31. The van der Waals surface area contributed by atoms with Crippen molar-refractivity contribution in [1.82, 2.24) is 4.90 Å². The van der Waals surface area contributed by atoms with Crippen molar-refractivity contribution in [3.05, 3.63) is 29.0 Å². The monoisotopic (exact) mass is 298 g/mol. The summed E-state index contributed by atoms with van der Waals surface area (Å²) in [6, 6.07) is 4.05. The second-order valence-corrected chi connectivity index (χ2v) is 5.33. The fourth-order valence-electron chi connectivity index (χ4n) is 2.30. The van der Waals surface area contributed by atoms with Gasteiger partial charge in [0.15, 0.2) is 0 Å². The van der Waals surface area contributed by atoms with E-state index in [1.54, 1.807) is 4.90 Å². The molecule has 1 aliphatic heterocycles. The normalized spacial score (nSPS) is 18.8. The van der Waals surface area contributed by atoms with Crippen molar-refractivity contribution in [3.8, 4) is 0 Å². The maximum atomic E-state index is 13.0. The highest BCUT2D eigenvalue weighted by atomic mass is 35.5. The number of benzene rings is 1. The molecule has 0 saturated carbocycles. The minimum atomic E-state index is -0.523. The van der Waals surface area contributed by atoms with E-state index in [1.165, 1.54) is 25.1 Å². The van der Waals surface area contributed by atoms with Crippen molar-refractivity contribution in [1.29, 1.82) is 0 Å². The van der Waals surface area contributed by atoms with Gasteiger partial charge >= 0.3 is 0 Å². The zero-order chi connectivity index (χ0) is 14.7. The van der Waals surface area contributed by atoms with Crippen molar-refractivity contribution < 1.29 is 14.0 Å². The standard InChI is InChI=1S/C14H16ClFN2O2/c1-9(19)18-6-2-3-10(8-18)14(20)17-11-4-5-13(16)12(15)7-11/h4-5,7,10H,2-3,6,8H2,1H3,(H,17,20)/t10-/m0/s1. The molecule has 1 saturated heterocycles. The Morgan fingerprint density at radius 3 is 2.85 bits per heavy atom. The molecule has 4 nitrogen and oxygen atoms in total. The van der Waals surface area contributed by atoms with Gasteiger partial charge in [-0.05, 0) is 31.0 Å². The lowest BCUT2D eigenvalue weighted by Gasteiger charge is -2.31. The van der Waals surface area contributed by atoms with Crippen LogP contribution in [-0.2, 0) is 9.59 Å². The Morgan fingerprint density at radius 1 is 1.45 bits per heavy atom. The summed E-state index contributed by atoms with van der Waals surface area (Å²) in [7, 11) is 0. The van der Waals surface area contributed by atoms with E-state index in [9.17, 15) is 14.0 Å². The molecule has 1 fully saturated rings. The van der Waals surface area contributed by atoms with Gasteiger partial charge in [0.25, 0.3) is 0 Å². The molecule has 0 spiro atoms. The molecule has 0 bridgehead atoms. The van der Waals surface area contributed by atoms with Crippen molar-refractivity contribution >= 4 is 29.1 Å². The van der Waals surface area contributed by atoms with E-state index >= 15 is 0 Å². The van der Waals surface area contributed by atoms with Crippen molar-refractivity contribution in [2.45, 2.75) is 19.8 Å². The summed E-state index contributed by atoms with van der Waals surface area (Å²) >= 11 is 5.67. The number of rotatable bonds is 2. The third kappa shape index (κ3) is 3.48. The van der Waals surface area contributed by atoms with Crippen LogP contribution in [0.25, 0.3) is 0 Å². The lowest BCUT2D eigenvalue weighted by atomic mass is 9.97. The number of halogens is 2. The van der Waals surface area contributed by atoms with Crippen LogP contribution in [0.5, 0.6) is 0 Å². The number of likely N-dealkylation sites (tertiary alicyclic amines) is 1. The summed E-state index contributed by atoms with van der Waals surface area (Å²) in [5, 5.41) is 2.68. The maximum Gasteiger partial charge on any atom is 0.229 e. The first-order valence-electron chi connectivity index (χ1n) is 6.49. The van der Waals surface area contributed by atoms with E-state index < -0.39 is 5.82 Å². The number of carbonyl (C=O) groups excluding carboxylic acids is 2.